The molecule has 1 aromatic rings. The molecule has 1 aromatic heterocycles. The number of hydrogen-bond donors (Lipinski definition) is 1. The predicted molar refractivity (Wildman–Crippen MR) is 116 cm³/mol. The molecule has 0 amide bonds. The molecule has 0 bridgehead atoms. The van der Waals surface area contributed by atoms with Gasteiger partial charge >= 0.3 is 0 Å². The largest absolute Gasteiger partial charge is 0.384 e. The van der Waals surface area contributed by atoms with Crippen molar-refractivity contribution in [2.75, 3.05) is 13.2 Å². The fourth-order valence-corrected chi connectivity index (χ4v) is 5.64. The van der Waals surface area contributed by atoms with Crippen molar-refractivity contribution in [3.63, 3.8) is 0 Å². The Hall–Kier alpha value is -1.03. The molecule has 3 aliphatic rings. The van der Waals surface area contributed by atoms with Gasteiger partial charge in [0.05, 0.1) is 10.6 Å². The van der Waals surface area contributed by atoms with Crippen molar-refractivity contribution in [2.24, 2.45) is 5.41 Å². The Morgan fingerprint density at radius 1 is 1.14 bits per heavy atom. The molecule has 5 heteroatoms. The van der Waals surface area contributed by atoms with Crippen LogP contribution in [0.5, 0.6) is 0 Å². The van der Waals surface area contributed by atoms with E-state index in [9.17, 15) is 0 Å². The molecule has 3 heterocycles. The van der Waals surface area contributed by atoms with Crippen LogP contribution < -0.4 is 5.32 Å². The SMILES string of the molecule is Clc1cc(CCCC[C@@]2(C3=CC=CCN3)CCOC3(CCCC3)C2)cnc1Cl. The zero-order chi connectivity index (χ0) is 19.5. The van der Waals surface area contributed by atoms with Crippen LogP contribution in [0.3, 0.4) is 0 Å². The van der Waals surface area contributed by atoms with E-state index in [2.05, 4.69) is 28.5 Å². The van der Waals surface area contributed by atoms with Crippen LogP contribution in [-0.4, -0.2) is 23.7 Å². The number of nitrogens with zero attached hydrogens (tertiary/aromatic N) is 1. The van der Waals surface area contributed by atoms with Crippen molar-refractivity contribution < 1.29 is 4.74 Å². The van der Waals surface area contributed by atoms with Crippen molar-refractivity contribution in [3.05, 3.63) is 51.9 Å². The zero-order valence-corrected chi connectivity index (χ0v) is 18.0. The number of nitrogens with one attached hydrogen (secondary N) is 1. The Kier molecular flexibility index (Phi) is 6.34. The summed E-state index contributed by atoms with van der Waals surface area (Å²) in [6.45, 7) is 1.83. The van der Waals surface area contributed by atoms with Crippen LogP contribution in [0.15, 0.2) is 36.2 Å². The molecule has 0 unspecified atom stereocenters. The van der Waals surface area contributed by atoms with Crippen LogP contribution in [0, 0.1) is 5.41 Å². The number of aromatic nitrogens is 1. The van der Waals surface area contributed by atoms with E-state index in [0.717, 1.165) is 32.4 Å². The van der Waals surface area contributed by atoms with Gasteiger partial charge in [-0.15, -0.1) is 0 Å². The van der Waals surface area contributed by atoms with Crippen molar-refractivity contribution in [1.29, 1.82) is 0 Å². The number of rotatable bonds is 6. The first kappa shape index (κ1) is 20.3. The Morgan fingerprint density at radius 3 is 2.75 bits per heavy atom. The molecule has 1 atom stereocenters. The number of pyridine rings is 1. The summed E-state index contributed by atoms with van der Waals surface area (Å²) >= 11 is 12.0. The van der Waals surface area contributed by atoms with Gasteiger partial charge in [0.2, 0.25) is 0 Å². The third-order valence-corrected chi connectivity index (χ3v) is 7.45. The van der Waals surface area contributed by atoms with E-state index in [1.165, 1.54) is 56.2 Å². The van der Waals surface area contributed by atoms with E-state index in [1.807, 2.05) is 12.3 Å². The smallest absolute Gasteiger partial charge is 0.147 e. The van der Waals surface area contributed by atoms with Crippen molar-refractivity contribution >= 4 is 23.2 Å². The highest BCUT2D eigenvalue weighted by molar-refractivity contribution is 6.41. The standard InChI is InChI=1S/C23H30Cl2N2O/c24-19-15-18(16-27-21(19)25)7-1-3-9-22(20-8-2-6-13-26-20)12-14-28-23(17-22)10-4-5-11-23/h2,6,8,15-16,26H,1,3-5,7,9-14,17H2/t22-/m1/s1. The molecule has 0 radical (unpaired) electrons. The summed E-state index contributed by atoms with van der Waals surface area (Å²) in [4.78, 5) is 4.17. The van der Waals surface area contributed by atoms with Gasteiger partial charge in [-0.25, -0.2) is 4.98 Å². The van der Waals surface area contributed by atoms with Crippen LogP contribution in [0.4, 0.5) is 0 Å². The molecule has 28 heavy (non-hydrogen) atoms. The van der Waals surface area contributed by atoms with E-state index in [-0.39, 0.29) is 11.0 Å². The van der Waals surface area contributed by atoms with E-state index >= 15 is 0 Å². The van der Waals surface area contributed by atoms with Gasteiger partial charge in [0.25, 0.3) is 0 Å². The molecule has 152 valence electrons. The van der Waals surface area contributed by atoms with Crippen LogP contribution in [0.1, 0.15) is 63.4 Å². The minimum atomic E-state index is 0.121. The lowest BCUT2D eigenvalue weighted by molar-refractivity contribution is -0.116. The van der Waals surface area contributed by atoms with Gasteiger partial charge in [-0.05, 0) is 62.7 Å². The normalized spacial score (nSPS) is 26.3. The van der Waals surface area contributed by atoms with Gasteiger partial charge in [-0.2, -0.15) is 0 Å². The molecule has 1 saturated heterocycles. The second-order valence-electron chi connectivity index (χ2n) is 8.66. The average molecular weight is 421 g/mol. The lowest BCUT2D eigenvalue weighted by Crippen LogP contribution is -2.47. The number of allylic oxidation sites excluding steroid dienone is 3. The maximum Gasteiger partial charge on any atom is 0.147 e. The first-order valence-electron chi connectivity index (χ1n) is 10.7. The summed E-state index contributed by atoms with van der Waals surface area (Å²) in [5.41, 5.74) is 2.94. The second kappa shape index (κ2) is 8.77. The molecule has 0 aromatic carbocycles. The highest BCUT2D eigenvalue weighted by Gasteiger charge is 2.48. The zero-order valence-electron chi connectivity index (χ0n) is 16.5. The number of ether oxygens (including phenoxy) is 1. The quantitative estimate of drug-likeness (QED) is 0.435. The topological polar surface area (TPSA) is 34.1 Å². The van der Waals surface area contributed by atoms with Crippen molar-refractivity contribution in [2.45, 2.75) is 69.8 Å². The van der Waals surface area contributed by atoms with E-state index < -0.39 is 0 Å². The molecule has 3 nitrogen and oxygen atoms in total. The maximum absolute atomic E-state index is 6.36. The number of unbranched alkanes of at least 4 members (excludes halogenated alkanes) is 1. The molecule has 1 saturated carbocycles. The average Bonchev–Trinajstić information content (AvgIpc) is 3.16. The Balaban J connectivity index is 1.43. The van der Waals surface area contributed by atoms with Gasteiger partial charge in [0.1, 0.15) is 5.15 Å². The van der Waals surface area contributed by atoms with E-state index in [0.29, 0.717) is 10.2 Å². The first-order chi connectivity index (χ1) is 13.6. The fourth-order valence-electron chi connectivity index (χ4n) is 5.35. The summed E-state index contributed by atoms with van der Waals surface area (Å²) in [5.74, 6) is 0. The number of aryl methyl sites for hydroxylation is 1. The summed E-state index contributed by atoms with van der Waals surface area (Å²) in [5, 5.41) is 4.62. The Bertz CT molecular complexity index is 755. The third kappa shape index (κ3) is 4.42. The maximum atomic E-state index is 6.36. The highest BCUT2D eigenvalue weighted by Crippen LogP contribution is 2.52. The fraction of sp³-hybridized carbons (Fsp3) is 0.609. The Morgan fingerprint density at radius 2 is 2.00 bits per heavy atom. The van der Waals surface area contributed by atoms with Crippen LogP contribution >= 0.6 is 23.2 Å². The molecule has 4 rings (SSSR count). The van der Waals surface area contributed by atoms with Gasteiger partial charge in [0.15, 0.2) is 0 Å². The summed E-state index contributed by atoms with van der Waals surface area (Å²) in [7, 11) is 0. The summed E-state index contributed by atoms with van der Waals surface area (Å²) in [6.07, 6.45) is 20.5. The van der Waals surface area contributed by atoms with Crippen LogP contribution in [-0.2, 0) is 11.2 Å². The number of dihydropyridines is 1. The monoisotopic (exact) mass is 420 g/mol. The Labute approximate surface area is 178 Å². The van der Waals surface area contributed by atoms with Crippen LogP contribution in [0.25, 0.3) is 0 Å². The van der Waals surface area contributed by atoms with Gasteiger partial charge in [0, 0.05) is 30.5 Å². The van der Waals surface area contributed by atoms with Crippen molar-refractivity contribution in [3.8, 4) is 0 Å². The lowest BCUT2D eigenvalue weighted by atomic mass is 9.66. The lowest BCUT2D eigenvalue weighted by Gasteiger charge is -2.48. The molecular formula is C23H30Cl2N2O. The predicted octanol–water partition coefficient (Wildman–Crippen LogP) is 6.25. The van der Waals surface area contributed by atoms with Gasteiger partial charge in [-0.1, -0.05) is 54.6 Å². The molecule has 1 aliphatic carbocycles. The van der Waals surface area contributed by atoms with E-state index in [4.69, 9.17) is 27.9 Å². The second-order valence-corrected chi connectivity index (χ2v) is 9.42. The third-order valence-electron chi connectivity index (χ3n) is 6.77. The highest BCUT2D eigenvalue weighted by atomic mass is 35.5. The number of halogens is 2. The molecular weight excluding hydrogens is 391 g/mol. The minimum absolute atomic E-state index is 0.121. The molecule has 2 fully saturated rings. The van der Waals surface area contributed by atoms with Crippen molar-refractivity contribution in [1.82, 2.24) is 10.3 Å². The van der Waals surface area contributed by atoms with Crippen LogP contribution in [0.2, 0.25) is 10.2 Å². The van der Waals surface area contributed by atoms with E-state index in [1.54, 1.807) is 0 Å². The number of hydrogen-bond acceptors (Lipinski definition) is 3. The minimum Gasteiger partial charge on any atom is -0.384 e. The molecule has 1 N–H and O–H groups in total. The molecule has 2 aliphatic heterocycles. The van der Waals surface area contributed by atoms with Gasteiger partial charge in [-0.3, -0.25) is 0 Å². The molecule has 1 spiro atoms. The first-order valence-corrected chi connectivity index (χ1v) is 11.4. The summed E-state index contributed by atoms with van der Waals surface area (Å²) in [6, 6.07) is 1.95. The van der Waals surface area contributed by atoms with Gasteiger partial charge < -0.3 is 10.1 Å². The summed E-state index contributed by atoms with van der Waals surface area (Å²) < 4.78 is 6.36.